The second kappa shape index (κ2) is 9.27. The maximum Gasteiger partial charge on any atom is 0.292 e. The standard InChI is InChI=1S/C18H26N2O5/c1-5-22-8-9-23-18(19-13(4)12(2)3)20-17(21)14-6-7-15-16(10-14)25-11-24-15/h6-7,10,12-13H,5,8-9,11H2,1-4H3,(H,19,20,21)/t13-/m1/s1. The molecule has 7 heteroatoms. The summed E-state index contributed by atoms with van der Waals surface area (Å²) in [7, 11) is 0. The van der Waals surface area contributed by atoms with Crippen molar-refractivity contribution >= 4 is 11.9 Å². The first-order chi connectivity index (χ1) is 12.0. The van der Waals surface area contributed by atoms with Crippen molar-refractivity contribution in [2.75, 3.05) is 26.6 Å². The molecular weight excluding hydrogens is 324 g/mol. The van der Waals surface area contributed by atoms with Gasteiger partial charge in [-0.05, 0) is 38.0 Å². The number of nitrogens with zero attached hydrogens (tertiary/aromatic N) is 1. The fourth-order valence-corrected chi connectivity index (χ4v) is 1.99. The SMILES string of the molecule is CCOCCOC(=N[C@H](C)C(C)C)NC(=O)c1ccc2c(c1)OCO2. The van der Waals surface area contributed by atoms with E-state index < -0.39 is 0 Å². The van der Waals surface area contributed by atoms with Crippen LogP contribution in [0.25, 0.3) is 0 Å². The van der Waals surface area contributed by atoms with E-state index in [0.717, 1.165) is 0 Å². The van der Waals surface area contributed by atoms with Gasteiger partial charge in [-0.15, -0.1) is 0 Å². The van der Waals surface area contributed by atoms with Gasteiger partial charge in [0.2, 0.25) is 6.79 Å². The third-order valence-corrected chi connectivity index (χ3v) is 3.81. The molecule has 1 N–H and O–H groups in total. The number of rotatable bonds is 7. The van der Waals surface area contributed by atoms with Crippen molar-refractivity contribution in [3.8, 4) is 11.5 Å². The lowest BCUT2D eigenvalue weighted by molar-refractivity contribution is 0.0920. The Morgan fingerprint density at radius 3 is 2.72 bits per heavy atom. The average molecular weight is 350 g/mol. The molecule has 0 radical (unpaired) electrons. The Balaban J connectivity index is 2.04. The predicted molar refractivity (Wildman–Crippen MR) is 94.2 cm³/mol. The largest absolute Gasteiger partial charge is 0.463 e. The minimum Gasteiger partial charge on any atom is -0.463 e. The lowest BCUT2D eigenvalue weighted by Gasteiger charge is -2.15. The third-order valence-electron chi connectivity index (χ3n) is 3.81. The fraction of sp³-hybridized carbons (Fsp3) is 0.556. The Hall–Kier alpha value is -2.28. The number of nitrogens with one attached hydrogen (secondary N) is 1. The zero-order valence-corrected chi connectivity index (χ0v) is 15.2. The summed E-state index contributed by atoms with van der Waals surface area (Å²) in [6.45, 7) is 9.55. The summed E-state index contributed by atoms with van der Waals surface area (Å²) >= 11 is 0. The summed E-state index contributed by atoms with van der Waals surface area (Å²) in [6.07, 6.45) is 0. The number of carbonyl (C=O) groups is 1. The molecule has 1 aromatic rings. The molecular formula is C18H26N2O5. The second-order valence-electron chi connectivity index (χ2n) is 5.99. The van der Waals surface area contributed by atoms with E-state index in [0.29, 0.717) is 42.8 Å². The molecule has 0 fully saturated rings. The van der Waals surface area contributed by atoms with Crippen LogP contribution in [0.5, 0.6) is 11.5 Å². The van der Waals surface area contributed by atoms with Crippen molar-refractivity contribution in [1.82, 2.24) is 5.32 Å². The monoisotopic (exact) mass is 350 g/mol. The molecule has 0 bridgehead atoms. The summed E-state index contributed by atoms with van der Waals surface area (Å²) in [5.41, 5.74) is 0.447. The van der Waals surface area contributed by atoms with Crippen LogP contribution < -0.4 is 14.8 Å². The number of aliphatic imine (C=N–C) groups is 1. The maximum absolute atomic E-state index is 12.5. The summed E-state index contributed by atoms with van der Waals surface area (Å²) in [6, 6.07) is 5.23. The molecule has 1 atom stereocenters. The number of amidine groups is 1. The van der Waals surface area contributed by atoms with Gasteiger partial charge < -0.3 is 18.9 Å². The van der Waals surface area contributed by atoms with Gasteiger partial charge in [-0.3, -0.25) is 10.1 Å². The van der Waals surface area contributed by atoms with Crippen molar-refractivity contribution < 1.29 is 23.7 Å². The van der Waals surface area contributed by atoms with Crippen LogP contribution in [0.1, 0.15) is 38.1 Å². The molecule has 0 unspecified atom stereocenters. The molecule has 1 aliphatic heterocycles. The molecule has 1 amide bonds. The molecule has 25 heavy (non-hydrogen) atoms. The van der Waals surface area contributed by atoms with Crippen LogP contribution in [0.4, 0.5) is 0 Å². The molecule has 1 heterocycles. The third kappa shape index (κ3) is 5.63. The van der Waals surface area contributed by atoms with Gasteiger partial charge in [0, 0.05) is 12.2 Å². The first kappa shape index (κ1) is 19.1. The summed E-state index contributed by atoms with van der Waals surface area (Å²) in [4.78, 5) is 17.0. The van der Waals surface area contributed by atoms with Gasteiger partial charge >= 0.3 is 0 Å². The summed E-state index contributed by atoms with van der Waals surface area (Å²) < 4.78 is 21.4. The maximum atomic E-state index is 12.5. The number of hydrogen-bond acceptors (Lipinski definition) is 6. The number of amides is 1. The number of hydrogen-bond donors (Lipinski definition) is 1. The smallest absolute Gasteiger partial charge is 0.292 e. The van der Waals surface area contributed by atoms with Crippen LogP contribution >= 0.6 is 0 Å². The average Bonchev–Trinajstić information content (AvgIpc) is 3.05. The molecule has 138 valence electrons. The normalized spacial score (nSPS) is 14.5. The van der Waals surface area contributed by atoms with Crippen LogP contribution in [0.3, 0.4) is 0 Å². The topological polar surface area (TPSA) is 78.4 Å². The Morgan fingerprint density at radius 2 is 2.00 bits per heavy atom. The van der Waals surface area contributed by atoms with Crippen molar-refractivity contribution in [3.63, 3.8) is 0 Å². The number of carbonyl (C=O) groups excluding carboxylic acids is 1. The quantitative estimate of drug-likeness (QED) is 0.465. The van der Waals surface area contributed by atoms with Crippen LogP contribution in [0, 0.1) is 5.92 Å². The van der Waals surface area contributed by atoms with Crippen molar-refractivity contribution in [2.24, 2.45) is 10.9 Å². The predicted octanol–water partition coefficient (Wildman–Crippen LogP) is 2.60. The van der Waals surface area contributed by atoms with Crippen molar-refractivity contribution in [1.29, 1.82) is 0 Å². The van der Waals surface area contributed by atoms with E-state index in [-0.39, 0.29) is 24.8 Å². The lowest BCUT2D eigenvalue weighted by Crippen LogP contribution is -2.34. The van der Waals surface area contributed by atoms with Crippen LogP contribution in [0.15, 0.2) is 23.2 Å². The summed E-state index contributed by atoms with van der Waals surface area (Å²) in [5, 5.41) is 2.72. The molecule has 0 saturated carbocycles. The number of ether oxygens (including phenoxy) is 4. The van der Waals surface area contributed by atoms with E-state index in [2.05, 4.69) is 24.2 Å². The van der Waals surface area contributed by atoms with Gasteiger partial charge in [-0.2, -0.15) is 0 Å². The van der Waals surface area contributed by atoms with E-state index in [1.807, 2.05) is 13.8 Å². The van der Waals surface area contributed by atoms with Gasteiger partial charge in [0.25, 0.3) is 11.9 Å². The Kier molecular flexibility index (Phi) is 7.06. The number of benzene rings is 1. The second-order valence-corrected chi connectivity index (χ2v) is 5.99. The van der Waals surface area contributed by atoms with Crippen LogP contribution in [-0.4, -0.2) is 44.6 Å². The molecule has 0 aliphatic carbocycles. The van der Waals surface area contributed by atoms with Crippen LogP contribution in [-0.2, 0) is 9.47 Å². The number of fused-ring (bicyclic) bond motifs is 1. The van der Waals surface area contributed by atoms with Gasteiger partial charge in [0.1, 0.15) is 6.61 Å². The zero-order valence-electron chi connectivity index (χ0n) is 15.2. The highest BCUT2D eigenvalue weighted by molar-refractivity contribution is 6.04. The van der Waals surface area contributed by atoms with Gasteiger partial charge in [0.15, 0.2) is 11.5 Å². The van der Waals surface area contributed by atoms with E-state index >= 15 is 0 Å². The molecule has 1 aliphatic rings. The molecule has 1 aromatic carbocycles. The molecule has 0 spiro atoms. The fourth-order valence-electron chi connectivity index (χ4n) is 1.99. The van der Waals surface area contributed by atoms with Crippen molar-refractivity contribution in [2.45, 2.75) is 33.7 Å². The Morgan fingerprint density at radius 1 is 1.24 bits per heavy atom. The molecule has 0 aromatic heterocycles. The van der Waals surface area contributed by atoms with Crippen LogP contribution in [0.2, 0.25) is 0 Å². The first-order valence-corrected chi connectivity index (χ1v) is 8.50. The van der Waals surface area contributed by atoms with Crippen molar-refractivity contribution in [3.05, 3.63) is 23.8 Å². The molecule has 0 saturated heterocycles. The van der Waals surface area contributed by atoms with Gasteiger partial charge in [0.05, 0.1) is 12.6 Å². The first-order valence-electron chi connectivity index (χ1n) is 8.50. The zero-order chi connectivity index (χ0) is 18.2. The molecule has 7 nitrogen and oxygen atoms in total. The summed E-state index contributed by atoms with van der Waals surface area (Å²) in [5.74, 6) is 1.20. The lowest BCUT2D eigenvalue weighted by atomic mass is 10.1. The highest BCUT2D eigenvalue weighted by atomic mass is 16.7. The van der Waals surface area contributed by atoms with Gasteiger partial charge in [-0.25, -0.2) is 4.99 Å². The van der Waals surface area contributed by atoms with E-state index in [4.69, 9.17) is 18.9 Å². The highest BCUT2D eigenvalue weighted by Gasteiger charge is 2.18. The van der Waals surface area contributed by atoms with E-state index in [1.165, 1.54) is 0 Å². The Labute approximate surface area is 148 Å². The molecule has 2 rings (SSSR count). The Bertz CT molecular complexity index is 615. The minimum absolute atomic E-state index is 0.0131. The minimum atomic E-state index is -0.315. The van der Waals surface area contributed by atoms with E-state index in [1.54, 1.807) is 18.2 Å². The highest BCUT2D eigenvalue weighted by Crippen LogP contribution is 2.32. The van der Waals surface area contributed by atoms with E-state index in [9.17, 15) is 4.79 Å². The van der Waals surface area contributed by atoms with Gasteiger partial charge in [-0.1, -0.05) is 13.8 Å².